The molecular formula is C27H24ClF2N3O4. The summed E-state index contributed by atoms with van der Waals surface area (Å²) in [6.45, 7) is 2.01. The zero-order valence-corrected chi connectivity index (χ0v) is 20.8. The first-order valence-electron chi connectivity index (χ1n) is 11.8. The fourth-order valence-corrected chi connectivity index (χ4v) is 5.09. The molecule has 2 aliphatic heterocycles. The maximum absolute atomic E-state index is 14.1. The average Bonchev–Trinajstić information content (AvgIpc) is 3.34. The number of fused-ring (bicyclic) bond motifs is 1. The van der Waals surface area contributed by atoms with Gasteiger partial charge < -0.3 is 19.3 Å². The van der Waals surface area contributed by atoms with E-state index in [1.807, 2.05) is 0 Å². The Kier molecular flexibility index (Phi) is 6.97. The molecule has 3 aromatic rings. The molecule has 1 aromatic heterocycles. The number of aromatic nitrogens is 1. The standard InChI is InChI=1S/C27H24ClF2N3O4/c1-36-25-21(7-8-22(29)24(25)30)27(35)32-11-10-17-13-33(15-18(17)14-32)26(34)16-2-5-20(6-3-16)37-23-9-4-19(28)12-31-23/h2-9,12,17-18H,10-11,13-15H2,1H3/t17-,18+/m1/s1. The number of hydrogen-bond donors (Lipinski definition) is 0. The van der Waals surface area contributed by atoms with Crippen LogP contribution < -0.4 is 9.47 Å². The molecule has 0 aliphatic carbocycles. The van der Waals surface area contributed by atoms with Gasteiger partial charge in [-0.25, -0.2) is 9.37 Å². The molecule has 10 heteroatoms. The number of piperidine rings is 1. The van der Waals surface area contributed by atoms with Gasteiger partial charge in [0.1, 0.15) is 5.75 Å². The highest BCUT2D eigenvalue weighted by Crippen LogP contribution is 2.34. The highest BCUT2D eigenvalue weighted by molar-refractivity contribution is 6.30. The zero-order chi connectivity index (χ0) is 26.1. The summed E-state index contributed by atoms with van der Waals surface area (Å²) in [5, 5.41) is 0.510. The molecule has 2 atom stereocenters. The van der Waals surface area contributed by atoms with Gasteiger partial charge in [0.15, 0.2) is 11.6 Å². The van der Waals surface area contributed by atoms with Crippen LogP contribution in [0, 0.1) is 23.5 Å². The molecule has 0 unspecified atom stereocenters. The van der Waals surface area contributed by atoms with Crippen LogP contribution in [0.15, 0.2) is 54.7 Å². The second kappa shape index (κ2) is 10.3. The third kappa shape index (κ3) is 5.09. The van der Waals surface area contributed by atoms with Crippen LogP contribution in [0.1, 0.15) is 27.1 Å². The Bertz CT molecular complexity index is 1320. The fourth-order valence-electron chi connectivity index (χ4n) is 4.98. The SMILES string of the molecule is COc1c(C(=O)N2CC[C@@H]3CN(C(=O)c4ccc(Oc5ccc(Cl)cn5)cc4)C[C@@H]3C2)ccc(F)c1F. The smallest absolute Gasteiger partial charge is 0.257 e. The van der Waals surface area contributed by atoms with Crippen molar-refractivity contribution in [2.24, 2.45) is 11.8 Å². The Balaban J connectivity index is 1.22. The Morgan fingerprint density at radius 3 is 2.38 bits per heavy atom. The van der Waals surface area contributed by atoms with Crippen molar-refractivity contribution in [3.63, 3.8) is 0 Å². The number of ether oxygens (including phenoxy) is 2. The van der Waals surface area contributed by atoms with E-state index in [1.165, 1.54) is 19.4 Å². The van der Waals surface area contributed by atoms with Crippen LogP contribution in [0.3, 0.4) is 0 Å². The molecule has 37 heavy (non-hydrogen) atoms. The van der Waals surface area contributed by atoms with Crippen molar-refractivity contribution in [3.05, 3.63) is 82.5 Å². The quantitative estimate of drug-likeness (QED) is 0.464. The van der Waals surface area contributed by atoms with E-state index in [0.717, 1.165) is 6.07 Å². The summed E-state index contributed by atoms with van der Waals surface area (Å²) in [6, 6.07) is 12.3. The van der Waals surface area contributed by atoms with E-state index >= 15 is 0 Å². The zero-order valence-electron chi connectivity index (χ0n) is 20.0. The first kappa shape index (κ1) is 25.0. The third-order valence-corrected chi connectivity index (χ3v) is 7.11. The molecular weight excluding hydrogens is 504 g/mol. The van der Waals surface area contributed by atoms with Gasteiger partial charge in [-0.3, -0.25) is 9.59 Å². The summed E-state index contributed by atoms with van der Waals surface area (Å²) in [5.41, 5.74) is 0.524. The van der Waals surface area contributed by atoms with Gasteiger partial charge in [-0.1, -0.05) is 11.6 Å². The predicted molar refractivity (Wildman–Crippen MR) is 132 cm³/mol. The molecule has 2 aliphatic rings. The molecule has 0 bridgehead atoms. The lowest BCUT2D eigenvalue weighted by molar-refractivity contribution is 0.0637. The van der Waals surface area contributed by atoms with Crippen LogP contribution in [0.25, 0.3) is 0 Å². The number of amides is 2. The number of carbonyl (C=O) groups excluding carboxylic acids is 2. The number of nitrogens with zero attached hydrogens (tertiary/aromatic N) is 3. The van der Waals surface area contributed by atoms with Crippen molar-refractivity contribution in [2.75, 3.05) is 33.3 Å². The Labute approximate surface area is 217 Å². The van der Waals surface area contributed by atoms with Crippen LogP contribution in [0.4, 0.5) is 8.78 Å². The number of carbonyl (C=O) groups is 2. The van der Waals surface area contributed by atoms with Crippen molar-refractivity contribution >= 4 is 23.4 Å². The van der Waals surface area contributed by atoms with Crippen LogP contribution in [-0.4, -0.2) is 59.9 Å². The normalized spacial score (nSPS) is 18.9. The van der Waals surface area contributed by atoms with E-state index in [4.69, 9.17) is 21.1 Å². The summed E-state index contributed by atoms with van der Waals surface area (Å²) >= 11 is 5.84. The molecule has 192 valence electrons. The summed E-state index contributed by atoms with van der Waals surface area (Å²) in [5.74, 6) is -1.85. The van der Waals surface area contributed by atoms with E-state index < -0.39 is 23.3 Å². The molecule has 2 amide bonds. The van der Waals surface area contributed by atoms with Crippen molar-refractivity contribution in [1.82, 2.24) is 14.8 Å². The van der Waals surface area contributed by atoms with Crippen molar-refractivity contribution in [1.29, 1.82) is 0 Å². The van der Waals surface area contributed by atoms with Crippen LogP contribution >= 0.6 is 11.6 Å². The van der Waals surface area contributed by atoms with Crippen LogP contribution in [0.5, 0.6) is 17.4 Å². The van der Waals surface area contributed by atoms with E-state index in [-0.39, 0.29) is 23.3 Å². The summed E-state index contributed by atoms with van der Waals surface area (Å²) in [4.78, 5) is 33.8. The van der Waals surface area contributed by atoms with E-state index in [9.17, 15) is 18.4 Å². The molecule has 0 radical (unpaired) electrons. The first-order valence-corrected chi connectivity index (χ1v) is 12.2. The minimum Gasteiger partial charge on any atom is -0.493 e. The fraction of sp³-hybridized carbons (Fsp3) is 0.296. The lowest BCUT2D eigenvalue weighted by atomic mass is 9.88. The highest BCUT2D eigenvalue weighted by atomic mass is 35.5. The number of methoxy groups -OCH3 is 1. The van der Waals surface area contributed by atoms with Gasteiger partial charge >= 0.3 is 0 Å². The summed E-state index contributed by atoms with van der Waals surface area (Å²) in [7, 11) is 1.20. The largest absolute Gasteiger partial charge is 0.493 e. The number of pyridine rings is 1. The van der Waals surface area contributed by atoms with Gasteiger partial charge in [0, 0.05) is 44.0 Å². The summed E-state index contributed by atoms with van der Waals surface area (Å²) in [6.07, 6.45) is 2.21. The molecule has 0 N–H and O–H groups in total. The lowest BCUT2D eigenvalue weighted by Crippen LogP contribution is -2.43. The van der Waals surface area contributed by atoms with E-state index in [1.54, 1.807) is 46.2 Å². The molecule has 2 fully saturated rings. The minimum absolute atomic E-state index is 0.0121. The Morgan fingerprint density at radius 1 is 0.946 bits per heavy atom. The van der Waals surface area contributed by atoms with Crippen LogP contribution in [0.2, 0.25) is 5.02 Å². The topological polar surface area (TPSA) is 72.0 Å². The highest BCUT2D eigenvalue weighted by Gasteiger charge is 2.40. The summed E-state index contributed by atoms with van der Waals surface area (Å²) < 4.78 is 38.4. The predicted octanol–water partition coefficient (Wildman–Crippen LogP) is 5.05. The second-order valence-corrected chi connectivity index (χ2v) is 9.59. The monoisotopic (exact) mass is 527 g/mol. The maximum Gasteiger partial charge on any atom is 0.257 e. The number of halogens is 3. The lowest BCUT2D eigenvalue weighted by Gasteiger charge is -2.34. The molecule has 2 saturated heterocycles. The van der Waals surface area contributed by atoms with Crippen LogP contribution in [-0.2, 0) is 0 Å². The first-order chi connectivity index (χ1) is 17.8. The molecule has 0 spiro atoms. The number of benzene rings is 2. The molecule has 2 aromatic carbocycles. The maximum atomic E-state index is 14.1. The number of rotatable bonds is 5. The van der Waals surface area contributed by atoms with Crippen molar-refractivity contribution < 1.29 is 27.8 Å². The molecule has 5 rings (SSSR count). The second-order valence-electron chi connectivity index (χ2n) is 9.15. The van der Waals surface area contributed by atoms with Gasteiger partial charge in [-0.15, -0.1) is 0 Å². The van der Waals surface area contributed by atoms with E-state index in [0.29, 0.717) is 54.8 Å². The minimum atomic E-state index is -1.18. The Hall–Kier alpha value is -3.72. The number of likely N-dealkylation sites (tertiary alicyclic amines) is 2. The van der Waals surface area contributed by atoms with Crippen molar-refractivity contribution in [2.45, 2.75) is 6.42 Å². The van der Waals surface area contributed by atoms with Gasteiger partial charge in [0.2, 0.25) is 11.7 Å². The molecule has 3 heterocycles. The number of hydrogen-bond acceptors (Lipinski definition) is 5. The Morgan fingerprint density at radius 2 is 1.68 bits per heavy atom. The van der Waals surface area contributed by atoms with Gasteiger partial charge in [-0.2, -0.15) is 4.39 Å². The van der Waals surface area contributed by atoms with Gasteiger partial charge in [0.05, 0.1) is 17.7 Å². The van der Waals surface area contributed by atoms with E-state index in [2.05, 4.69) is 4.98 Å². The van der Waals surface area contributed by atoms with Gasteiger partial charge in [0.25, 0.3) is 11.8 Å². The molecule has 7 nitrogen and oxygen atoms in total. The van der Waals surface area contributed by atoms with Gasteiger partial charge in [-0.05, 0) is 60.7 Å². The van der Waals surface area contributed by atoms with Crippen molar-refractivity contribution in [3.8, 4) is 17.4 Å². The average molecular weight is 528 g/mol. The molecule has 0 saturated carbocycles. The third-order valence-electron chi connectivity index (χ3n) is 6.88.